The van der Waals surface area contributed by atoms with Crippen LogP contribution in [-0.4, -0.2) is 16.6 Å². The molecule has 2 aromatic rings. The molecule has 0 aliphatic rings. The quantitative estimate of drug-likeness (QED) is 0.596. The summed E-state index contributed by atoms with van der Waals surface area (Å²) in [6.45, 7) is 1.93. The highest BCUT2D eigenvalue weighted by molar-refractivity contribution is 6.09. The molecule has 92 valence electrons. The fourth-order valence-electron chi connectivity index (χ4n) is 1.89. The molecule has 0 atom stereocenters. The van der Waals surface area contributed by atoms with Gasteiger partial charge in [0.2, 0.25) is 0 Å². The first-order chi connectivity index (χ1) is 8.70. The number of aromatic nitrogens is 1. The summed E-state index contributed by atoms with van der Waals surface area (Å²) in [7, 11) is 0. The molecule has 3 heteroatoms. The third-order valence-corrected chi connectivity index (χ3v) is 2.81. The van der Waals surface area contributed by atoms with E-state index >= 15 is 0 Å². The molecule has 0 fully saturated rings. The number of rotatable bonds is 5. The largest absolute Gasteiger partial charge is 0.299 e. The normalized spacial score (nSPS) is 10.5. The minimum absolute atomic E-state index is 0.00335. The Morgan fingerprint density at radius 3 is 2.83 bits per heavy atom. The molecule has 0 saturated carbocycles. The van der Waals surface area contributed by atoms with Gasteiger partial charge in [0.25, 0.3) is 0 Å². The van der Waals surface area contributed by atoms with Gasteiger partial charge in [-0.1, -0.05) is 25.1 Å². The number of hydrogen-bond acceptors (Lipinski definition) is 3. The van der Waals surface area contributed by atoms with Crippen molar-refractivity contribution in [3.63, 3.8) is 0 Å². The van der Waals surface area contributed by atoms with Crippen LogP contribution in [0.1, 0.15) is 36.5 Å². The van der Waals surface area contributed by atoms with Crippen LogP contribution in [0.2, 0.25) is 0 Å². The Hall–Kier alpha value is -2.03. The molecular formula is C15H15NO2. The van der Waals surface area contributed by atoms with E-state index in [1.807, 2.05) is 25.1 Å². The molecule has 18 heavy (non-hydrogen) atoms. The zero-order valence-corrected chi connectivity index (χ0v) is 10.3. The molecule has 3 nitrogen and oxygen atoms in total. The van der Waals surface area contributed by atoms with Gasteiger partial charge < -0.3 is 0 Å². The standard InChI is InChI=1S/C15H15NO2/c1-2-4-13(17)10-15(18)12-7-6-11-5-3-8-16-14(11)9-12/h3,5-9H,2,4,10H2,1H3. The maximum Gasteiger partial charge on any atom is 0.170 e. The first kappa shape index (κ1) is 12.4. The molecule has 0 N–H and O–H groups in total. The number of carbonyl (C=O) groups is 2. The van der Waals surface area contributed by atoms with Crippen molar-refractivity contribution in [2.24, 2.45) is 0 Å². The third kappa shape index (κ3) is 2.80. The minimum Gasteiger partial charge on any atom is -0.299 e. The molecule has 0 bridgehead atoms. The molecule has 0 amide bonds. The molecule has 2 rings (SSSR count). The lowest BCUT2D eigenvalue weighted by molar-refractivity contribution is -0.118. The molecule has 0 unspecified atom stereocenters. The van der Waals surface area contributed by atoms with Crippen molar-refractivity contribution in [3.8, 4) is 0 Å². The van der Waals surface area contributed by atoms with E-state index in [9.17, 15) is 9.59 Å². The summed E-state index contributed by atoms with van der Waals surface area (Å²) < 4.78 is 0. The van der Waals surface area contributed by atoms with E-state index in [1.165, 1.54) is 0 Å². The average molecular weight is 241 g/mol. The van der Waals surface area contributed by atoms with Crippen LogP contribution in [0, 0.1) is 0 Å². The van der Waals surface area contributed by atoms with E-state index in [4.69, 9.17) is 0 Å². The van der Waals surface area contributed by atoms with Gasteiger partial charge >= 0.3 is 0 Å². The molecule has 0 radical (unpaired) electrons. The van der Waals surface area contributed by atoms with Gasteiger partial charge in [0, 0.05) is 23.6 Å². The first-order valence-electron chi connectivity index (χ1n) is 6.10. The van der Waals surface area contributed by atoms with Crippen LogP contribution in [-0.2, 0) is 4.79 Å². The van der Waals surface area contributed by atoms with Gasteiger partial charge in [-0.25, -0.2) is 0 Å². The third-order valence-electron chi connectivity index (χ3n) is 2.81. The summed E-state index contributed by atoms with van der Waals surface area (Å²) in [4.78, 5) is 27.6. The smallest absolute Gasteiger partial charge is 0.170 e. The van der Waals surface area contributed by atoms with Gasteiger partial charge in [-0.05, 0) is 18.6 Å². The van der Waals surface area contributed by atoms with Gasteiger partial charge in [0.15, 0.2) is 5.78 Å². The Bertz CT molecular complexity index is 590. The second kappa shape index (κ2) is 5.54. The summed E-state index contributed by atoms with van der Waals surface area (Å²) >= 11 is 0. The lowest BCUT2D eigenvalue weighted by Crippen LogP contribution is -2.07. The summed E-state index contributed by atoms with van der Waals surface area (Å²) in [6.07, 6.45) is 2.94. The van der Waals surface area contributed by atoms with Crippen molar-refractivity contribution >= 4 is 22.5 Å². The van der Waals surface area contributed by atoms with Crippen LogP contribution in [0.3, 0.4) is 0 Å². The van der Waals surface area contributed by atoms with Crippen LogP contribution in [0.5, 0.6) is 0 Å². The number of hydrogen-bond donors (Lipinski definition) is 0. The van der Waals surface area contributed by atoms with Crippen molar-refractivity contribution in [1.29, 1.82) is 0 Å². The zero-order chi connectivity index (χ0) is 13.0. The van der Waals surface area contributed by atoms with E-state index < -0.39 is 0 Å². The SMILES string of the molecule is CCCC(=O)CC(=O)c1ccc2cccnc2c1. The predicted octanol–water partition coefficient (Wildman–Crippen LogP) is 3.18. The molecule has 0 spiro atoms. The molecule has 1 heterocycles. The van der Waals surface area contributed by atoms with Crippen LogP contribution >= 0.6 is 0 Å². The zero-order valence-electron chi connectivity index (χ0n) is 10.3. The number of fused-ring (bicyclic) bond motifs is 1. The number of benzene rings is 1. The summed E-state index contributed by atoms with van der Waals surface area (Å²) in [5.74, 6) is -0.121. The van der Waals surface area contributed by atoms with Gasteiger partial charge in [0.05, 0.1) is 11.9 Å². The Morgan fingerprint density at radius 1 is 1.22 bits per heavy atom. The highest BCUT2D eigenvalue weighted by Gasteiger charge is 2.11. The highest BCUT2D eigenvalue weighted by atomic mass is 16.1. The summed E-state index contributed by atoms with van der Waals surface area (Å²) in [6, 6.07) is 9.16. The van der Waals surface area contributed by atoms with E-state index in [2.05, 4.69) is 4.98 Å². The number of ketones is 2. The van der Waals surface area contributed by atoms with Crippen molar-refractivity contribution in [3.05, 3.63) is 42.1 Å². The van der Waals surface area contributed by atoms with Crippen molar-refractivity contribution in [2.45, 2.75) is 26.2 Å². The highest BCUT2D eigenvalue weighted by Crippen LogP contribution is 2.15. The molecule has 0 aliphatic carbocycles. The monoisotopic (exact) mass is 241 g/mol. The Kier molecular flexibility index (Phi) is 3.82. The average Bonchev–Trinajstić information content (AvgIpc) is 2.38. The second-order valence-electron chi connectivity index (χ2n) is 4.30. The first-order valence-corrected chi connectivity index (χ1v) is 6.10. The topological polar surface area (TPSA) is 47.0 Å². The molecule has 1 aromatic carbocycles. The number of Topliss-reactive ketones (excluding diaryl/α,β-unsaturated/α-hetero) is 2. The molecule has 0 saturated heterocycles. The lowest BCUT2D eigenvalue weighted by Gasteiger charge is -2.02. The molecule has 0 aliphatic heterocycles. The number of nitrogens with zero attached hydrogens (tertiary/aromatic N) is 1. The number of pyridine rings is 1. The Morgan fingerprint density at radius 2 is 2.06 bits per heavy atom. The minimum atomic E-state index is -0.124. The van der Waals surface area contributed by atoms with Crippen LogP contribution < -0.4 is 0 Å². The van der Waals surface area contributed by atoms with Crippen molar-refractivity contribution in [1.82, 2.24) is 4.98 Å². The maximum absolute atomic E-state index is 11.9. The van der Waals surface area contributed by atoms with Crippen molar-refractivity contribution < 1.29 is 9.59 Å². The van der Waals surface area contributed by atoms with E-state index in [-0.39, 0.29) is 18.0 Å². The van der Waals surface area contributed by atoms with E-state index in [0.29, 0.717) is 12.0 Å². The van der Waals surface area contributed by atoms with Gasteiger partial charge in [-0.2, -0.15) is 0 Å². The van der Waals surface area contributed by atoms with E-state index in [0.717, 1.165) is 17.3 Å². The van der Waals surface area contributed by atoms with Crippen LogP contribution in [0.4, 0.5) is 0 Å². The fourth-order valence-corrected chi connectivity index (χ4v) is 1.89. The summed E-state index contributed by atoms with van der Waals surface area (Å²) in [5, 5.41) is 0.994. The van der Waals surface area contributed by atoms with Crippen LogP contribution in [0.15, 0.2) is 36.5 Å². The van der Waals surface area contributed by atoms with Gasteiger partial charge in [-0.15, -0.1) is 0 Å². The fraction of sp³-hybridized carbons (Fsp3) is 0.267. The Labute approximate surface area is 106 Å². The van der Waals surface area contributed by atoms with Gasteiger partial charge in [0.1, 0.15) is 5.78 Å². The molecular weight excluding hydrogens is 226 g/mol. The maximum atomic E-state index is 11.9. The van der Waals surface area contributed by atoms with Crippen molar-refractivity contribution in [2.75, 3.05) is 0 Å². The molecule has 1 aromatic heterocycles. The summed E-state index contributed by atoms with van der Waals surface area (Å²) in [5.41, 5.74) is 1.34. The van der Waals surface area contributed by atoms with Crippen LogP contribution in [0.25, 0.3) is 10.9 Å². The predicted molar refractivity (Wildman–Crippen MR) is 70.6 cm³/mol. The second-order valence-corrected chi connectivity index (χ2v) is 4.30. The van der Waals surface area contributed by atoms with Gasteiger partial charge in [-0.3, -0.25) is 14.6 Å². The van der Waals surface area contributed by atoms with E-state index in [1.54, 1.807) is 18.3 Å². The lowest BCUT2D eigenvalue weighted by atomic mass is 10.0. The Balaban J connectivity index is 2.20. The number of carbonyl (C=O) groups excluding carboxylic acids is 2.